The topological polar surface area (TPSA) is 103 Å². The van der Waals surface area contributed by atoms with Crippen molar-refractivity contribution >= 4 is 33.9 Å². The number of nitrogens with zero attached hydrogens (tertiary/aromatic N) is 2. The minimum absolute atomic E-state index is 0.113. The largest absolute Gasteiger partial charge is 0.459 e. The van der Waals surface area contributed by atoms with Crippen LogP contribution in [0, 0.1) is 6.92 Å². The predicted molar refractivity (Wildman–Crippen MR) is 106 cm³/mol. The fourth-order valence-corrected chi connectivity index (χ4v) is 3.58. The molecule has 146 valence electrons. The molecule has 1 amide bonds. The summed E-state index contributed by atoms with van der Waals surface area (Å²) in [5.41, 5.74) is 1.80. The highest BCUT2D eigenvalue weighted by Gasteiger charge is 2.12. The zero-order valence-corrected chi connectivity index (χ0v) is 16.1. The number of furan rings is 1. The van der Waals surface area contributed by atoms with Gasteiger partial charge in [0.05, 0.1) is 17.5 Å². The molecule has 0 bridgehead atoms. The maximum atomic E-state index is 12.3. The van der Waals surface area contributed by atoms with E-state index in [4.69, 9.17) is 9.15 Å². The molecule has 0 fully saturated rings. The van der Waals surface area contributed by atoms with Gasteiger partial charge in [-0.15, -0.1) is 11.3 Å². The van der Waals surface area contributed by atoms with Crippen LogP contribution in [-0.2, 0) is 11.3 Å². The van der Waals surface area contributed by atoms with E-state index in [-0.39, 0.29) is 23.8 Å². The fourth-order valence-electron chi connectivity index (χ4n) is 2.69. The van der Waals surface area contributed by atoms with Gasteiger partial charge in [0.25, 0.3) is 11.5 Å². The molecule has 0 unspecified atom stereocenters. The molecule has 29 heavy (non-hydrogen) atoms. The van der Waals surface area contributed by atoms with Crippen LogP contribution in [0.4, 0.5) is 5.69 Å². The molecule has 0 spiro atoms. The number of thiazole rings is 1. The van der Waals surface area contributed by atoms with E-state index in [9.17, 15) is 14.4 Å². The second kappa shape index (κ2) is 7.72. The normalized spacial score (nSPS) is 10.8. The number of carbonyl (C=O) groups excluding carboxylic acids is 2. The quantitative estimate of drug-likeness (QED) is 0.508. The monoisotopic (exact) mass is 409 g/mol. The summed E-state index contributed by atoms with van der Waals surface area (Å²) in [7, 11) is 0. The number of anilines is 1. The van der Waals surface area contributed by atoms with Gasteiger partial charge in [0, 0.05) is 22.8 Å². The number of esters is 1. The highest BCUT2D eigenvalue weighted by atomic mass is 32.1. The predicted octanol–water partition coefficient (Wildman–Crippen LogP) is 3.27. The van der Waals surface area contributed by atoms with Gasteiger partial charge in [-0.1, -0.05) is 0 Å². The fraction of sp³-hybridized carbons (Fsp3) is 0.100. The summed E-state index contributed by atoms with van der Waals surface area (Å²) in [6.45, 7) is 1.71. The lowest BCUT2D eigenvalue weighted by Crippen LogP contribution is -2.16. The zero-order chi connectivity index (χ0) is 20.4. The van der Waals surface area contributed by atoms with Crippen LogP contribution in [0.5, 0.6) is 0 Å². The number of aromatic nitrogens is 2. The SMILES string of the molecule is Cc1csc2nc(COC(=O)c3ccc(NC(=O)c4ccco4)cc3)cc(=O)n12. The van der Waals surface area contributed by atoms with Gasteiger partial charge < -0.3 is 14.5 Å². The first kappa shape index (κ1) is 18.6. The van der Waals surface area contributed by atoms with Crippen LogP contribution in [0.1, 0.15) is 32.3 Å². The molecule has 1 N–H and O–H groups in total. The summed E-state index contributed by atoms with van der Waals surface area (Å²) in [4.78, 5) is 41.3. The van der Waals surface area contributed by atoms with Gasteiger partial charge in [-0.25, -0.2) is 9.78 Å². The van der Waals surface area contributed by atoms with Gasteiger partial charge in [-0.3, -0.25) is 14.0 Å². The molecule has 0 aliphatic rings. The Morgan fingerprint density at radius 3 is 2.76 bits per heavy atom. The second-order valence-electron chi connectivity index (χ2n) is 6.17. The molecule has 0 saturated carbocycles. The van der Waals surface area contributed by atoms with Crippen LogP contribution in [-0.4, -0.2) is 21.3 Å². The third-order valence-corrected chi connectivity index (χ3v) is 5.05. The van der Waals surface area contributed by atoms with Gasteiger partial charge >= 0.3 is 5.97 Å². The molecule has 3 heterocycles. The second-order valence-corrected chi connectivity index (χ2v) is 7.00. The van der Waals surface area contributed by atoms with E-state index in [0.717, 1.165) is 5.69 Å². The molecule has 0 aliphatic heterocycles. The lowest BCUT2D eigenvalue weighted by molar-refractivity contribution is 0.0467. The average Bonchev–Trinajstić information content (AvgIpc) is 3.37. The molecular formula is C20H15N3O5S. The molecule has 9 heteroatoms. The molecule has 0 atom stereocenters. The van der Waals surface area contributed by atoms with Crippen LogP contribution in [0.3, 0.4) is 0 Å². The molecule has 8 nitrogen and oxygen atoms in total. The maximum absolute atomic E-state index is 12.3. The summed E-state index contributed by atoms with van der Waals surface area (Å²) >= 11 is 1.35. The number of fused-ring (bicyclic) bond motifs is 1. The van der Waals surface area contributed by atoms with Crippen molar-refractivity contribution in [2.24, 2.45) is 0 Å². The maximum Gasteiger partial charge on any atom is 0.338 e. The van der Waals surface area contributed by atoms with Crippen LogP contribution in [0.25, 0.3) is 4.96 Å². The Morgan fingerprint density at radius 2 is 2.03 bits per heavy atom. The van der Waals surface area contributed by atoms with Crippen molar-refractivity contribution in [1.82, 2.24) is 9.38 Å². The minimum atomic E-state index is -0.557. The standard InChI is InChI=1S/C20H15N3O5S/c1-12-11-29-20-22-15(9-17(24)23(12)20)10-28-19(26)13-4-6-14(7-5-13)21-18(25)16-3-2-8-27-16/h2-9,11H,10H2,1H3,(H,21,25). The minimum Gasteiger partial charge on any atom is -0.459 e. The average molecular weight is 409 g/mol. The highest BCUT2D eigenvalue weighted by molar-refractivity contribution is 7.15. The van der Waals surface area contributed by atoms with Crippen molar-refractivity contribution in [3.63, 3.8) is 0 Å². The Morgan fingerprint density at radius 1 is 1.24 bits per heavy atom. The number of nitrogens with one attached hydrogen (secondary N) is 1. The van der Waals surface area contributed by atoms with Crippen LogP contribution in [0.2, 0.25) is 0 Å². The summed E-state index contributed by atoms with van der Waals surface area (Å²) < 4.78 is 11.8. The number of ether oxygens (including phenoxy) is 1. The Kier molecular flexibility index (Phi) is 4.96. The van der Waals surface area contributed by atoms with Crippen LogP contribution in [0.15, 0.2) is 63.3 Å². The molecule has 0 radical (unpaired) electrons. The number of hydrogen-bond acceptors (Lipinski definition) is 7. The van der Waals surface area contributed by atoms with E-state index in [1.165, 1.54) is 40.2 Å². The molecule has 3 aromatic heterocycles. The number of aryl methyl sites for hydroxylation is 1. The van der Waals surface area contributed by atoms with Crippen molar-refractivity contribution in [1.29, 1.82) is 0 Å². The number of amides is 1. The van der Waals surface area contributed by atoms with Crippen molar-refractivity contribution in [2.45, 2.75) is 13.5 Å². The van der Waals surface area contributed by atoms with Gasteiger partial charge in [0.15, 0.2) is 10.7 Å². The Balaban J connectivity index is 1.40. The lowest BCUT2D eigenvalue weighted by Gasteiger charge is -2.07. The van der Waals surface area contributed by atoms with Gasteiger partial charge in [0.1, 0.15) is 6.61 Å². The lowest BCUT2D eigenvalue weighted by atomic mass is 10.2. The number of carbonyl (C=O) groups is 2. The third-order valence-electron chi connectivity index (χ3n) is 4.10. The van der Waals surface area contributed by atoms with E-state index in [1.807, 2.05) is 12.3 Å². The smallest absolute Gasteiger partial charge is 0.338 e. The summed E-state index contributed by atoms with van der Waals surface area (Å²) in [6.07, 6.45) is 1.41. The first-order valence-electron chi connectivity index (χ1n) is 8.60. The molecular weight excluding hydrogens is 394 g/mol. The third kappa shape index (κ3) is 3.94. The molecule has 0 aliphatic carbocycles. The highest BCUT2D eigenvalue weighted by Crippen LogP contribution is 2.14. The van der Waals surface area contributed by atoms with Crippen molar-refractivity contribution in [3.05, 3.63) is 87.2 Å². The van der Waals surface area contributed by atoms with Crippen LogP contribution < -0.4 is 10.9 Å². The van der Waals surface area contributed by atoms with Gasteiger partial charge in [-0.05, 0) is 43.3 Å². The number of hydrogen-bond donors (Lipinski definition) is 1. The van der Waals surface area contributed by atoms with E-state index >= 15 is 0 Å². The van der Waals surface area contributed by atoms with Crippen LogP contribution >= 0.6 is 11.3 Å². The first-order chi connectivity index (χ1) is 14.0. The molecule has 1 aromatic carbocycles. The molecule has 4 rings (SSSR count). The Hall–Kier alpha value is -3.72. The van der Waals surface area contributed by atoms with E-state index in [1.54, 1.807) is 24.3 Å². The zero-order valence-electron chi connectivity index (χ0n) is 15.2. The summed E-state index contributed by atoms with van der Waals surface area (Å²) in [5.74, 6) is -0.755. The molecule has 4 aromatic rings. The number of benzene rings is 1. The Labute approximate surface area is 168 Å². The van der Waals surface area contributed by atoms with E-state index in [2.05, 4.69) is 10.3 Å². The summed E-state index contributed by atoms with van der Waals surface area (Å²) in [6, 6.07) is 10.8. The van der Waals surface area contributed by atoms with Crippen molar-refractivity contribution in [2.75, 3.05) is 5.32 Å². The summed E-state index contributed by atoms with van der Waals surface area (Å²) in [5, 5.41) is 4.50. The first-order valence-corrected chi connectivity index (χ1v) is 9.48. The van der Waals surface area contributed by atoms with Gasteiger partial charge in [0.2, 0.25) is 0 Å². The van der Waals surface area contributed by atoms with Crippen molar-refractivity contribution < 1.29 is 18.7 Å². The van der Waals surface area contributed by atoms with E-state index in [0.29, 0.717) is 21.9 Å². The van der Waals surface area contributed by atoms with Gasteiger partial charge in [-0.2, -0.15) is 0 Å². The Bertz CT molecular complexity index is 1240. The van der Waals surface area contributed by atoms with E-state index < -0.39 is 5.97 Å². The van der Waals surface area contributed by atoms with Crippen molar-refractivity contribution in [3.8, 4) is 0 Å². The number of rotatable bonds is 5. The molecule has 0 saturated heterocycles.